The summed E-state index contributed by atoms with van der Waals surface area (Å²) >= 11 is 0. The predicted molar refractivity (Wildman–Crippen MR) is 85.0 cm³/mol. The molecule has 1 atom stereocenters. The molecule has 0 aliphatic carbocycles. The third kappa shape index (κ3) is 3.71. The second kappa shape index (κ2) is 5.80. The van der Waals surface area contributed by atoms with E-state index in [0.717, 1.165) is 5.56 Å². The Kier molecular flexibility index (Phi) is 4.29. The van der Waals surface area contributed by atoms with E-state index in [4.69, 9.17) is 0 Å². The van der Waals surface area contributed by atoms with E-state index in [1.807, 2.05) is 18.2 Å². The van der Waals surface area contributed by atoms with Crippen LogP contribution >= 0.6 is 0 Å². The van der Waals surface area contributed by atoms with Crippen LogP contribution in [0.3, 0.4) is 0 Å². The minimum absolute atomic E-state index is 0.153. The van der Waals surface area contributed by atoms with Gasteiger partial charge in [-0.15, -0.1) is 0 Å². The summed E-state index contributed by atoms with van der Waals surface area (Å²) in [6, 6.07) is 16.6. The molecule has 0 bridgehead atoms. The van der Waals surface area contributed by atoms with Gasteiger partial charge in [-0.25, -0.2) is 0 Å². The average molecular weight is 268 g/mol. The molecular weight excluding hydrogens is 244 g/mol. The molecule has 0 saturated carbocycles. The van der Waals surface area contributed by atoms with E-state index in [9.17, 15) is 5.11 Å². The first-order valence-corrected chi connectivity index (χ1v) is 7.20. The Labute approximate surface area is 122 Å². The second-order valence-corrected chi connectivity index (χ2v) is 6.58. The summed E-state index contributed by atoms with van der Waals surface area (Å²) in [5.41, 5.74) is 4.85. The van der Waals surface area contributed by atoms with Crippen molar-refractivity contribution in [2.45, 2.75) is 45.6 Å². The summed E-state index contributed by atoms with van der Waals surface area (Å²) in [6.07, 6.45) is 0.224. The Morgan fingerprint density at radius 2 is 1.65 bits per heavy atom. The molecule has 1 heteroatoms. The molecular formula is C19H24O. The smallest absolute Gasteiger partial charge is 0.0830 e. The van der Waals surface area contributed by atoms with E-state index < -0.39 is 6.10 Å². The molecule has 0 aromatic heterocycles. The summed E-state index contributed by atoms with van der Waals surface area (Å²) in [6.45, 7) is 8.68. The van der Waals surface area contributed by atoms with Gasteiger partial charge in [0.1, 0.15) is 0 Å². The minimum atomic E-state index is -0.439. The molecule has 1 unspecified atom stereocenters. The Balaban J connectivity index is 2.11. The molecule has 0 aliphatic rings. The largest absolute Gasteiger partial charge is 0.388 e. The van der Waals surface area contributed by atoms with E-state index in [0.29, 0.717) is 6.42 Å². The van der Waals surface area contributed by atoms with Crippen LogP contribution < -0.4 is 0 Å². The van der Waals surface area contributed by atoms with Crippen molar-refractivity contribution in [3.05, 3.63) is 70.8 Å². The number of hydrogen-bond acceptors (Lipinski definition) is 1. The van der Waals surface area contributed by atoms with Crippen molar-refractivity contribution in [1.29, 1.82) is 0 Å². The van der Waals surface area contributed by atoms with E-state index >= 15 is 0 Å². The molecule has 0 amide bonds. The molecule has 20 heavy (non-hydrogen) atoms. The monoisotopic (exact) mass is 268 g/mol. The van der Waals surface area contributed by atoms with Crippen LogP contribution in [0.25, 0.3) is 0 Å². The summed E-state index contributed by atoms with van der Waals surface area (Å²) in [7, 11) is 0. The number of rotatable bonds is 3. The molecule has 2 rings (SSSR count). The number of aliphatic hydroxyl groups is 1. The topological polar surface area (TPSA) is 20.2 Å². The fraction of sp³-hybridized carbons (Fsp3) is 0.368. The van der Waals surface area contributed by atoms with Crippen LogP contribution in [0.2, 0.25) is 0 Å². The third-order valence-corrected chi connectivity index (χ3v) is 3.67. The Bertz CT molecular complexity index is 561. The first-order valence-electron chi connectivity index (χ1n) is 7.20. The summed E-state index contributed by atoms with van der Waals surface area (Å²) in [5, 5.41) is 10.4. The van der Waals surface area contributed by atoms with E-state index in [2.05, 4.69) is 58.0 Å². The first-order chi connectivity index (χ1) is 9.36. The van der Waals surface area contributed by atoms with Crippen LogP contribution in [-0.4, -0.2) is 5.11 Å². The van der Waals surface area contributed by atoms with Gasteiger partial charge in [0, 0.05) is 6.42 Å². The molecule has 0 fully saturated rings. The Morgan fingerprint density at radius 3 is 2.20 bits per heavy atom. The van der Waals surface area contributed by atoms with Crippen LogP contribution in [0.4, 0.5) is 0 Å². The number of aryl methyl sites for hydroxylation is 1. The highest BCUT2D eigenvalue weighted by atomic mass is 16.3. The van der Waals surface area contributed by atoms with Crippen molar-refractivity contribution < 1.29 is 5.11 Å². The zero-order valence-electron chi connectivity index (χ0n) is 12.9. The fourth-order valence-corrected chi connectivity index (χ4v) is 2.39. The number of benzene rings is 2. The molecule has 1 nitrogen and oxygen atoms in total. The lowest BCUT2D eigenvalue weighted by atomic mass is 9.86. The lowest BCUT2D eigenvalue weighted by Crippen LogP contribution is -2.11. The summed E-state index contributed by atoms with van der Waals surface area (Å²) in [4.78, 5) is 0. The molecule has 0 aliphatic heterocycles. The van der Waals surface area contributed by atoms with Gasteiger partial charge in [-0.05, 0) is 29.0 Å². The van der Waals surface area contributed by atoms with Gasteiger partial charge in [-0.2, -0.15) is 0 Å². The maximum absolute atomic E-state index is 10.4. The van der Waals surface area contributed by atoms with E-state index in [1.165, 1.54) is 16.7 Å². The molecule has 2 aromatic rings. The normalized spacial score (nSPS) is 13.2. The lowest BCUT2D eigenvalue weighted by Gasteiger charge is -2.20. The van der Waals surface area contributed by atoms with E-state index in [-0.39, 0.29) is 5.41 Å². The lowest BCUT2D eigenvalue weighted by molar-refractivity contribution is 0.178. The van der Waals surface area contributed by atoms with Gasteiger partial charge in [-0.1, -0.05) is 74.9 Å². The van der Waals surface area contributed by atoms with Gasteiger partial charge in [0.05, 0.1) is 6.10 Å². The third-order valence-electron chi connectivity index (χ3n) is 3.67. The molecule has 0 saturated heterocycles. The van der Waals surface area contributed by atoms with Gasteiger partial charge in [0.2, 0.25) is 0 Å². The van der Waals surface area contributed by atoms with Gasteiger partial charge in [0.15, 0.2) is 0 Å². The van der Waals surface area contributed by atoms with Crippen LogP contribution in [-0.2, 0) is 11.8 Å². The van der Waals surface area contributed by atoms with Gasteiger partial charge >= 0.3 is 0 Å². The van der Waals surface area contributed by atoms with Crippen molar-refractivity contribution in [1.82, 2.24) is 0 Å². The van der Waals surface area contributed by atoms with Crippen LogP contribution in [0.15, 0.2) is 48.5 Å². The van der Waals surface area contributed by atoms with Crippen LogP contribution in [0, 0.1) is 6.92 Å². The number of hydrogen-bond donors (Lipinski definition) is 1. The SMILES string of the molecule is Cc1cccc(CC(O)c2ccc(C(C)(C)C)cc2)c1. The maximum Gasteiger partial charge on any atom is 0.0830 e. The highest BCUT2D eigenvalue weighted by Crippen LogP contribution is 2.25. The fourth-order valence-electron chi connectivity index (χ4n) is 2.39. The maximum atomic E-state index is 10.4. The zero-order valence-corrected chi connectivity index (χ0v) is 12.9. The Hall–Kier alpha value is -1.60. The highest BCUT2D eigenvalue weighted by molar-refractivity contribution is 5.30. The second-order valence-electron chi connectivity index (χ2n) is 6.58. The van der Waals surface area contributed by atoms with Crippen molar-refractivity contribution in [3.8, 4) is 0 Å². The zero-order chi connectivity index (χ0) is 14.8. The number of aliphatic hydroxyl groups excluding tert-OH is 1. The van der Waals surface area contributed by atoms with Crippen molar-refractivity contribution in [2.24, 2.45) is 0 Å². The highest BCUT2D eigenvalue weighted by Gasteiger charge is 2.14. The van der Waals surface area contributed by atoms with Crippen LogP contribution in [0.5, 0.6) is 0 Å². The average Bonchev–Trinajstić information content (AvgIpc) is 2.38. The standard InChI is InChI=1S/C19H24O/c1-14-6-5-7-15(12-14)13-18(20)16-8-10-17(11-9-16)19(2,3)4/h5-12,18,20H,13H2,1-4H3. The van der Waals surface area contributed by atoms with Crippen molar-refractivity contribution in [3.63, 3.8) is 0 Å². The van der Waals surface area contributed by atoms with Crippen molar-refractivity contribution in [2.75, 3.05) is 0 Å². The van der Waals surface area contributed by atoms with Gasteiger partial charge in [0.25, 0.3) is 0 Å². The summed E-state index contributed by atoms with van der Waals surface area (Å²) < 4.78 is 0. The predicted octanol–water partition coefficient (Wildman–Crippen LogP) is 4.57. The minimum Gasteiger partial charge on any atom is -0.388 e. The molecule has 0 radical (unpaired) electrons. The molecule has 0 heterocycles. The molecule has 2 aromatic carbocycles. The molecule has 106 valence electrons. The quantitative estimate of drug-likeness (QED) is 0.864. The molecule has 0 spiro atoms. The van der Waals surface area contributed by atoms with Crippen LogP contribution in [0.1, 0.15) is 49.1 Å². The van der Waals surface area contributed by atoms with Gasteiger partial charge in [-0.3, -0.25) is 0 Å². The van der Waals surface area contributed by atoms with Gasteiger partial charge < -0.3 is 5.11 Å². The Morgan fingerprint density at radius 1 is 1.00 bits per heavy atom. The van der Waals surface area contributed by atoms with E-state index in [1.54, 1.807) is 0 Å². The van der Waals surface area contributed by atoms with Crippen molar-refractivity contribution >= 4 is 0 Å². The first kappa shape index (κ1) is 14.8. The summed E-state index contributed by atoms with van der Waals surface area (Å²) in [5.74, 6) is 0. The molecule has 1 N–H and O–H groups in total.